The summed E-state index contributed by atoms with van der Waals surface area (Å²) in [4.78, 5) is 28.3. The second-order valence-corrected chi connectivity index (χ2v) is 7.31. The van der Waals surface area contributed by atoms with Crippen LogP contribution >= 0.6 is 11.6 Å². The summed E-state index contributed by atoms with van der Waals surface area (Å²) in [5.74, 6) is -0.811. The minimum Gasteiger partial charge on any atom is -0.378 e. The summed E-state index contributed by atoms with van der Waals surface area (Å²) in [5.41, 5.74) is 1.24. The van der Waals surface area contributed by atoms with Crippen molar-refractivity contribution in [2.45, 2.75) is 25.1 Å². The predicted octanol–water partition coefficient (Wildman–Crippen LogP) is 2.85. The molecule has 0 saturated carbocycles. The van der Waals surface area contributed by atoms with Crippen LogP contribution in [0.3, 0.4) is 0 Å². The Kier molecular flexibility index (Phi) is 6.74. The van der Waals surface area contributed by atoms with Crippen LogP contribution in [-0.4, -0.2) is 68.4 Å². The molecule has 2 N–H and O–H groups in total. The van der Waals surface area contributed by atoms with E-state index in [1.54, 1.807) is 18.2 Å². The standard InChI is InChI=1S/C18H22ClF3N4O3/c19-12-3-4-14(25-6-8-29-9-7-25)13(10-12)24-17(28)26-5-1-2-15(26)16(27)23-11-18(20,21)22/h3-4,10,15H,1-2,5-9,11H2,(H,23,27)(H,24,28). The second-order valence-electron chi connectivity index (χ2n) is 6.88. The lowest BCUT2D eigenvalue weighted by molar-refractivity contribution is -0.140. The third-order valence-corrected chi connectivity index (χ3v) is 5.07. The summed E-state index contributed by atoms with van der Waals surface area (Å²) in [6.07, 6.45) is -3.67. The monoisotopic (exact) mass is 434 g/mol. The summed E-state index contributed by atoms with van der Waals surface area (Å²) < 4.78 is 42.5. The Labute approximate surface area is 171 Å². The van der Waals surface area contributed by atoms with Crippen molar-refractivity contribution in [3.05, 3.63) is 23.2 Å². The molecule has 1 unspecified atom stereocenters. The fraction of sp³-hybridized carbons (Fsp3) is 0.556. The quantitative estimate of drug-likeness (QED) is 0.764. The molecule has 0 radical (unpaired) electrons. The van der Waals surface area contributed by atoms with E-state index in [-0.39, 0.29) is 6.54 Å². The lowest BCUT2D eigenvalue weighted by Crippen LogP contribution is -2.49. The molecule has 2 aliphatic heterocycles. The van der Waals surface area contributed by atoms with Gasteiger partial charge in [-0.1, -0.05) is 11.6 Å². The maximum atomic E-state index is 12.8. The fourth-order valence-electron chi connectivity index (χ4n) is 3.46. The Morgan fingerprint density at radius 1 is 1.21 bits per heavy atom. The topological polar surface area (TPSA) is 73.9 Å². The Morgan fingerprint density at radius 3 is 2.62 bits per heavy atom. The number of nitrogens with one attached hydrogen (secondary N) is 2. The number of nitrogens with zero attached hydrogens (tertiary/aromatic N) is 2. The normalized spacial score (nSPS) is 19.9. The number of ether oxygens (including phenoxy) is 1. The highest BCUT2D eigenvalue weighted by Gasteiger charge is 2.36. The zero-order chi connectivity index (χ0) is 21.0. The lowest BCUT2D eigenvalue weighted by Gasteiger charge is -2.31. The summed E-state index contributed by atoms with van der Waals surface area (Å²) in [7, 11) is 0. The van der Waals surface area contributed by atoms with Crippen molar-refractivity contribution >= 4 is 34.9 Å². The van der Waals surface area contributed by atoms with Gasteiger partial charge < -0.3 is 25.2 Å². The summed E-state index contributed by atoms with van der Waals surface area (Å²) in [6.45, 7) is 1.28. The largest absolute Gasteiger partial charge is 0.405 e. The number of urea groups is 1. The van der Waals surface area contributed by atoms with Gasteiger partial charge in [-0.2, -0.15) is 13.2 Å². The molecule has 11 heteroatoms. The molecule has 3 rings (SSSR count). The molecular formula is C18H22ClF3N4O3. The molecule has 2 saturated heterocycles. The van der Waals surface area contributed by atoms with E-state index in [2.05, 4.69) is 5.32 Å². The van der Waals surface area contributed by atoms with Gasteiger partial charge in [-0.25, -0.2) is 4.79 Å². The maximum Gasteiger partial charge on any atom is 0.405 e. The third kappa shape index (κ3) is 5.66. The van der Waals surface area contributed by atoms with Gasteiger partial charge in [0.2, 0.25) is 5.91 Å². The zero-order valence-electron chi connectivity index (χ0n) is 15.6. The van der Waals surface area contributed by atoms with Gasteiger partial charge in [0.1, 0.15) is 12.6 Å². The molecule has 0 aromatic heterocycles. The average Bonchev–Trinajstić information content (AvgIpc) is 3.16. The zero-order valence-corrected chi connectivity index (χ0v) is 16.4. The first kappa shape index (κ1) is 21.5. The van der Waals surface area contributed by atoms with Crippen molar-refractivity contribution in [3.63, 3.8) is 0 Å². The van der Waals surface area contributed by atoms with Gasteiger partial charge in [0, 0.05) is 24.7 Å². The van der Waals surface area contributed by atoms with Crippen LogP contribution in [0.4, 0.5) is 29.3 Å². The maximum absolute atomic E-state index is 12.8. The van der Waals surface area contributed by atoms with Crippen LogP contribution in [0, 0.1) is 0 Å². The molecule has 1 aromatic carbocycles. The van der Waals surface area contributed by atoms with E-state index in [9.17, 15) is 22.8 Å². The number of carbonyl (C=O) groups excluding carboxylic acids is 2. The van der Waals surface area contributed by atoms with E-state index >= 15 is 0 Å². The third-order valence-electron chi connectivity index (χ3n) is 4.83. The number of alkyl halides is 3. The molecule has 2 aliphatic rings. The van der Waals surface area contributed by atoms with Crippen molar-refractivity contribution in [2.75, 3.05) is 49.6 Å². The Morgan fingerprint density at radius 2 is 1.93 bits per heavy atom. The molecule has 7 nitrogen and oxygen atoms in total. The van der Waals surface area contributed by atoms with E-state index < -0.39 is 30.7 Å². The number of carbonyl (C=O) groups is 2. The molecular weight excluding hydrogens is 413 g/mol. The molecule has 29 heavy (non-hydrogen) atoms. The van der Waals surface area contributed by atoms with E-state index in [1.807, 2.05) is 10.2 Å². The number of morpholine rings is 1. The van der Waals surface area contributed by atoms with E-state index in [4.69, 9.17) is 16.3 Å². The van der Waals surface area contributed by atoms with Crippen LogP contribution in [0.5, 0.6) is 0 Å². The van der Waals surface area contributed by atoms with Crippen molar-refractivity contribution in [1.82, 2.24) is 10.2 Å². The number of amides is 3. The van der Waals surface area contributed by atoms with Crippen molar-refractivity contribution < 1.29 is 27.5 Å². The number of halogens is 4. The predicted molar refractivity (Wildman–Crippen MR) is 102 cm³/mol. The number of benzene rings is 1. The van der Waals surface area contributed by atoms with E-state index in [1.165, 1.54) is 4.90 Å². The summed E-state index contributed by atoms with van der Waals surface area (Å²) >= 11 is 6.08. The van der Waals surface area contributed by atoms with Crippen LogP contribution in [0.1, 0.15) is 12.8 Å². The van der Waals surface area contributed by atoms with Gasteiger partial charge in [-0.3, -0.25) is 4.79 Å². The van der Waals surface area contributed by atoms with Gasteiger partial charge >= 0.3 is 12.2 Å². The van der Waals surface area contributed by atoms with Gasteiger partial charge in [0.25, 0.3) is 0 Å². The highest BCUT2D eigenvalue weighted by Crippen LogP contribution is 2.31. The van der Waals surface area contributed by atoms with Gasteiger partial charge in [0.05, 0.1) is 24.6 Å². The van der Waals surface area contributed by atoms with Crippen molar-refractivity contribution in [1.29, 1.82) is 0 Å². The van der Waals surface area contributed by atoms with Crippen LogP contribution in [0.2, 0.25) is 5.02 Å². The first-order valence-electron chi connectivity index (χ1n) is 9.29. The number of likely N-dealkylation sites (tertiary alicyclic amines) is 1. The van der Waals surface area contributed by atoms with Crippen LogP contribution in [0.15, 0.2) is 18.2 Å². The molecule has 0 bridgehead atoms. The van der Waals surface area contributed by atoms with E-state index in [0.29, 0.717) is 49.9 Å². The Hall–Kier alpha value is -2.20. The lowest BCUT2D eigenvalue weighted by atomic mass is 10.2. The first-order valence-corrected chi connectivity index (χ1v) is 9.67. The van der Waals surface area contributed by atoms with Gasteiger partial charge in [0.15, 0.2) is 0 Å². The molecule has 1 atom stereocenters. The fourth-order valence-corrected chi connectivity index (χ4v) is 3.64. The van der Waals surface area contributed by atoms with Crippen LogP contribution in [-0.2, 0) is 9.53 Å². The molecule has 2 heterocycles. The van der Waals surface area contributed by atoms with Crippen molar-refractivity contribution in [2.24, 2.45) is 0 Å². The number of hydrogen-bond donors (Lipinski definition) is 2. The molecule has 1 aromatic rings. The summed E-state index contributed by atoms with van der Waals surface area (Å²) in [5, 5.41) is 5.05. The molecule has 0 aliphatic carbocycles. The highest BCUT2D eigenvalue weighted by molar-refractivity contribution is 6.31. The summed E-state index contributed by atoms with van der Waals surface area (Å²) in [6, 6.07) is 3.63. The van der Waals surface area contributed by atoms with Gasteiger partial charge in [-0.05, 0) is 31.0 Å². The average molecular weight is 435 g/mol. The highest BCUT2D eigenvalue weighted by atomic mass is 35.5. The SMILES string of the molecule is O=C(NCC(F)(F)F)C1CCCN1C(=O)Nc1cc(Cl)ccc1N1CCOCC1. The molecule has 3 amide bonds. The molecule has 160 valence electrons. The first-order chi connectivity index (χ1) is 13.7. The van der Waals surface area contributed by atoms with Crippen LogP contribution < -0.4 is 15.5 Å². The number of hydrogen-bond acceptors (Lipinski definition) is 4. The minimum atomic E-state index is -4.50. The Bertz CT molecular complexity index is 756. The second kappa shape index (κ2) is 9.08. The Balaban J connectivity index is 1.70. The van der Waals surface area contributed by atoms with Crippen LogP contribution in [0.25, 0.3) is 0 Å². The molecule has 2 fully saturated rings. The van der Waals surface area contributed by atoms with E-state index in [0.717, 1.165) is 5.69 Å². The van der Waals surface area contributed by atoms with Crippen molar-refractivity contribution in [3.8, 4) is 0 Å². The minimum absolute atomic E-state index is 0.281. The molecule has 0 spiro atoms. The number of rotatable bonds is 4. The van der Waals surface area contributed by atoms with Gasteiger partial charge in [-0.15, -0.1) is 0 Å². The smallest absolute Gasteiger partial charge is 0.378 e. The number of anilines is 2.